The van der Waals surface area contributed by atoms with E-state index in [0.717, 1.165) is 11.4 Å². The summed E-state index contributed by atoms with van der Waals surface area (Å²) in [5.41, 5.74) is 2.24. The molecule has 3 nitrogen and oxygen atoms in total. The molecule has 90 valence electrons. The first-order chi connectivity index (χ1) is 7.36. The van der Waals surface area contributed by atoms with Gasteiger partial charge in [0.2, 0.25) is 0 Å². The number of fused-ring (bicyclic) bond motifs is 2. The maximum absolute atomic E-state index is 7.94. The van der Waals surface area contributed by atoms with Crippen molar-refractivity contribution in [3.05, 3.63) is 60.3 Å². The second-order valence-corrected chi connectivity index (χ2v) is 3.62. The zero-order valence-electron chi connectivity index (χ0n) is 9.04. The van der Waals surface area contributed by atoms with Crippen molar-refractivity contribution in [2.45, 2.75) is 0 Å². The predicted molar refractivity (Wildman–Crippen MR) is 80.5 cm³/mol. The number of hydrogen-bond acceptors (Lipinski definition) is 2. The van der Waals surface area contributed by atoms with Crippen LogP contribution in [-0.4, -0.2) is 22.2 Å². The number of allylic oxidation sites excluding steroid dienone is 6. The summed E-state index contributed by atoms with van der Waals surface area (Å²) in [5.74, 6) is 0.606. The van der Waals surface area contributed by atoms with Gasteiger partial charge in [0.15, 0.2) is 0 Å². The molecule has 0 radical (unpaired) electrons. The number of nitrogens with zero attached hydrogens (tertiary/aromatic N) is 2. The van der Waals surface area contributed by atoms with E-state index in [-0.39, 0.29) is 34.0 Å². The Labute approximate surface area is 122 Å². The van der Waals surface area contributed by atoms with Gasteiger partial charge in [-0.2, -0.15) is 0 Å². The van der Waals surface area contributed by atoms with Crippen LogP contribution < -0.4 is 0 Å². The Bertz CT molecular complexity index is 472. The molecule has 3 aliphatic rings. The minimum absolute atomic E-state index is 0. The topological polar surface area (TPSA) is 30.3 Å². The molecule has 0 amide bonds. The van der Waals surface area contributed by atoms with E-state index in [1.54, 1.807) is 0 Å². The molecule has 0 unspecified atom stereocenters. The van der Waals surface area contributed by atoms with Crippen LogP contribution >= 0.6 is 34.0 Å². The number of hydrogen-bond donors (Lipinski definition) is 1. The first-order valence-electron chi connectivity index (χ1n) is 4.93. The van der Waals surface area contributed by atoms with Crippen LogP contribution in [0.1, 0.15) is 0 Å². The van der Waals surface area contributed by atoms with Crippen LogP contribution in [0.4, 0.5) is 0 Å². The molecule has 0 fully saturated rings. The minimum atomic E-state index is 0. The molecule has 0 saturated heterocycles. The smallest absolute Gasteiger partial charge is 0.125 e. The molecule has 5 heteroatoms. The maximum Gasteiger partial charge on any atom is 0.125 e. The van der Waals surface area contributed by atoms with E-state index >= 15 is 0 Å². The molecule has 1 N–H and O–H groups in total. The Hall–Kier alpha value is -1.07. The molecular weight excluding hydrogens is 346 g/mol. The highest BCUT2D eigenvalue weighted by molar-refractivity contribution is 8.93. The van der Waals surface area contributed by atoms with Gasteiger partial charge in [-0.3, -0.25) is 5.41 Å². The van der Waals surface area contributed by atoms with E-state index in [2.05, 4.69) is 11.0 Å². The number of halogens is 2. The van der Waals surface area contributed by atoms with E-state index in [9.17, 15) is 0 Å². The van der Waals surface area contributed by atoms with Crippen molar-refractivity contribution in [1.29, 1.82) is 5.41 Å². The summed E-state index contributed by atoms with van der Waals surface area (Å²) < 4.78 is 0. The largest absolute Gasteiger partial charge is 0.339 e. The molecule has 17 heavy (non-hydrogen) atoms. The Kier molecular flexibility index (Phi) is 4.54. The molecule has 3 aliphatic heterocycles. The van der Waals surface area contributed by atoms with Gasteiger partial charge >= 0.3 is 0 Å². The third-order valence-electron chi connectivity index (χ3n) is 2.67. The van der Waals surface area contributed by atoms with Crippen molar-refractivity contribution >= 4 is 39.8 Å². The molecule has 0 aliphatic carbocycles. The lowest BCUT2D eigenvalue weighted by Gasteiger charge is -2.37. The van der Waals surface area contributed by atoms with Crippen LogP contribution in [0.15, 0.2) is 60.3 Å². The molecule has 0 spiro atoms. The van der Waals surface area contributed by atoms with Crippen LogP contribution in [-0.2, 0) is 0 Å². The number of amidine groups is 1. The van der Waals surface area contributed by atoms with E-state index in [4.69, 9.17) is 5.41 Å². The summed E-state index contributed by atoms with van der Waals surface area (Å²) in [6.07, 6.45) is 16.1. The van der Waals surface area contributed by atoms with Crippen molar-refractivity contribution < 1.29 is 0 Å². The van der Waals surface area contributed by atoms with Crippen LogP contribution in [0, 0.1) is 5.41 Å². The SMILES string of the molecule is Br.Br.N=C1CN2C=CC=CC2=C2C=CC=CN12. The van der Waals surface area contributed by atoms with Gasteiger partial charge in [0.25, 0.3) is 0 Å². The first-order valence-corrected chi connectivity index (χ1v) is 4.93. The Balaban J connectivity index is 0.000000722. The standard InChI is InChI=1S/C12H11N3.2BrH/c13-12-9-14-7-3-1-5-10(14)11-6-2-4-8-15(11)12;;/h1-8,13H,9H2;2*1H. The molecule has 0 aromatic heterocycles. The van der Waals surface area contributed by atoms with Crippen LogP contribution in [0.25, 0.3) is 0 Å². The summed E-state index contributed by atoms with van der Waals surface area (Å²) in [5, 5.41) is 7.94. The summed E-state index contributed by atoms with van der Waals surface area (Å²) in [7, 11) is 0. The second-order valence-electron chi connectivity index (χ2n) is 3.62. The monoisotopic (exact) mass is 357 g/mol. The quantitative estimate of drug-likeness (QED) is 0.721. The summed E-state index contributed by atoms with van der Waals surface area (Å²) in [4.78, 5) is 4.02. The average molecular weight is 359 g/mol. The van der Waals surface area contributed by atoms with Gasteiger partial charge in [-0.15, -0.1) is 34.0 Å². The maximum atomic E-state index is 7.94. The molecule has 0 bridgehead atoms. The Morgan fingerprint density at radius 1 is 0.882 bits per heavy atom. The van der Waals surface area contributed by atoms with Gasteiger partial charge in [0, 0.05) is 12.4 Å². The van der Waals surface area contributed by atoms with Gasteiger partial charge in [-0.1, -0.05) is 12.2 Å². The fourth-order valence-corrected chi connectivity index (χ4v) is 1.97. The zero-order valence-corrected chi connectivity index (χ0v) is 12.5. The van der Waals surface area contributed by atoms with Crippen molar-refractivity contribution in [1.82, 2.24) is 9.80 Å². The lowest BCUT2D eigenvalue weighted by Crippen LogP contribution is -2.41. The molecule has 3 heterocycles. The van der Waals surface area contributed by atoms with Crippen molar-refractivity contribution in [3.8, 4) is 0 Å². The highest BCUT2D eigenvalue weighted by atomic mass is 79.9. The van der Waals surface area contributed by atoms with Crippen LogP contribution in [0.3, 0.4) is 0 Å². The number of rotatable bonds is 0. The lowest BCUT2D eigenvalue weighted by molar-refractivity contribution is 0.462. The molecule has 0 aromatic rings. The average Bonchev–Trinajstić information content (AvgIpc) is 2.30. The fraction of sp³-hybridized carbons (Fsp3) is 0.0833. The summed E-state index contributed by atoms with van der Waals surface area (Å²) in [6.45, 7) is 0.637. The van der Waals surface area contributed by atoms with Crippen molar-refractivity contribution in [2.75, 3.05) is 6.54 Å². The van der Waals surface area contributed by atoms with E-state index in [1.807, 2.05) is 47.7 Å². The zero-order chi connectivity index (χ0) is 10.3. The van der Waals surface area contributed by atoms with Crippen molar-refractivity contribution in [3.63, 3.8) is 0 Å². The minimum Gasteiger partial charge on any atom is -0.339 e. The highest BCUT2D eigenvalue weighted by Gasteiger charge is 2.25. The van der Waals surface area contributed by atoms with Crippen LogP contribution in [0.5, 0.6) is 0 Å². The molecule has 0 saturated carbocycles. The van der Waals surface area contributed by atoms with Gasteiger partial charge in [0.05, 0.1) is 17.9 Å². The van der Waals surface area contributed by atoms with Gasteiger partial charge in [0.1, 0.15) is 5.84 Å². The normalized spacial score (nSPS) is 19.6. The first kappa shape index (κ1) is 14.0. The molecule has 3 rings (SSSR count). The van der Waals surface area contributed by atoms with E-state index in [1.165, 1.54) is 0 Å². The summed E-state index contributed by atoms with van der Waals surface area (Å²) >= 11 is 0. The van der Waals surface area contributed by atoms with Crippen LogP contribution in [0.2, 0.25) is 0 Å². The number of nitrogens with one attached hydrogen (secondary N) is 1. The van der Waals surface area contributed by atoms with E-state index in [0.29, 0.717) is 12.4 Å². The van der Waals surface area contributed by atoms with Gasteiger partial charge in [-0.05, 0) is 24.3 Å². The summed E-state index contributed by atoms with van der Waals surface area (Å²) in [6, 6.07) is 0. The molecule has 0 atom stereocenters. The van der Waals surface area contributed by atoms with Crippen molar-refractivity contribution in [2.24, 2.45) is 0 Å². The van der Waals surface area contributed by atoms with Gasteiger partial charge in [-0.25, -0.2) is 0 Å². The third kappa shape index (κ3) is 2.30. The van der Waals surface area contributed by atoms with E-state index < -0.39 is 0 Å². The Morgan fingerprint density at radius 2 is 1.53 bits per heavy atom. The highest BCUT2D eigenvalue weighted by Crippen LogP contribution is 2.27. The second kappa shape index (κ2) is 5.51. The fourth-order valence-electron chi connectivity index (χ4n) is 1.97. The Morgan fingerprint density at radius 3 is 2.29 bits per heavy atom. The lowest BCUT2D eigenvalue weighted by atomic mass is 10.1. The third-order valence-corrected chi connectivity index (χ3v) is 2.67. The molecular formula is C12H13Br2N3. The predicted octanol–water partition coefficient (Wildman–Crippen LogP) is 3.12. The van der Waals surface area contributed by atoms with Gasteiger partial charge < -0.3 is 9.80 Å². The molecule has 0 aromatic carbocycles.